The highest BCUT2D eigenvalue weighted by Crippen LogP contribution is 2.32. The molecule has 2 aliphatic heterocycles. The molecule has 1 aromatic rings. The van der Waals surface area contributed by atoms with E-state index in [0.29, 0.717) is 12.5 Å². The quantitative estimate of drug-likeness (QED) is 0.852. The van der Waals surface area contributed by atoms with Crippen LogP contribution in [0.1, 0.15) is 30.9 Å². The van der Waals surface area contributed by atoms with E-state index < -0.39 is 11.7 Å². The number of likely N-dealkylation sites (N-methyl/N-ethyl adjacent to an activating group) is 1. The summed E-state index contributed by atoms with van der Waals surface area (Å²) in [4.78, 5) is 16.5. The molecule has 6 heteroatoms. The lowest BCUT2D eigenvalue weighted by molar-refractivity contribution is -0.145. The van der Waals surface area contributed by atoms with Crippen LogP contribution in [-0.4, -0.2) is 41.4 Å². The Morgan fingerprint density at radius 1 is 1.22 bits per heavy atom. The van der Waals surface area contributed by atoms with Crippen molar-refractivity contribution in [2.45, 2.75) is 38.5 Å². The summed E-state index contributed by atoms with van der Waals surface area (Å²) in [6, 6.07) is 5.14. The molecular weight excluding hydrogens is 305 g/mol. The fourth-order valence-corrected chi connectivity index (χ4v) is 3.63. The number of benzene rings is 1. The van der Waals surface area contributed by atoms with Crippen molar-refractivity contribution >= 4 is 5.91 Å². The van der Waals surface area contributed by atoms with Gasteiger partial charge in [-0.25, -0.2) is 0 Å². The van der Waals surface area contributed by atoms with Gasteiger partial charge in [0.1, 0.15) is 0 Å². The van der Waals surface area contributed by atoms with Gasteiger partial charge in [0.25, 0.3) is 0 Å². The third-order valence-electron chi connectivity index (χ3n) is 4.95. The summed E-state index contributed by atoms with van der Waals surface area (Å²) < 4.78 is 37.9. The van der Waals surface area contributed by atoms with Gasteiger partial charge >= 0.3 is 6.18 Å². The summed E-state index contributed by atoms with van der Waals surface area (Å²) in [5.41, 5.74) is 0.184. The van der Waals surface area contributed by atoms with Gasteiger partial charge in [-0.2, -0.15) is 13.2 Å². The minimum atomic E-state index is -4.31. The lowest BCUT2D eigenvalue weighted by Crippen LogP contribution is -2.58. The van der Waals surface area contributed by atoms with E-state index in [1.54, 1.807) is 0 Å². The topological polar surface area (TPSA) is 23.6 Å². The Balaban J connectivity index is 1.71. The molecule has 1 amide bonds. The molecule has 2 bridgehead atoms. The van der Waals surface area contributed by atoms with Gasteiger partial charge in [-0.1, -0.05) is 12.1 Å². The largest absolute Gasteiger partial charge is 0.416 e. The number of halogens is 3. The molecule has 2 fully saturated rings. The van der Waals surface area contributed by atoms with Crippen molar-refractivity contribution in [2.24, 2.45) is 5.92 Å². The van der Waals surface area contributed by atoms with Gasteiger partial charge in [0.2, 0.25) is 5.91 Å². The fourth-order valence-electron chi connectivity index (χ4n) is 3.63. The van der Waals surface area contributed by atoms with Gasteiger partial charge in [-0.3, -0.25) is 9.69 Å². The number of carbonyl (C=O) groups excluding carboxylic acids is 1. The maximum Gasteiger partial charge on any atom is 0.416 e. The molecule has 0 aliphatic carbocycles. The van der Waals surface area contributed by atoms with Crippen LogP contribution in [0.15, 0.2) is 24.3 Å². The highest BCUT2D eigenvalue weighted by Gasteiger charge is 2.40. The van der Waals surface area contributed by atoms with E-state index in [9.17, 15) is 18.0 Å². The summed E-state index contributed by atoms with van der Waals surface area (Å²) in [6.45, 7) is 4.91. The number of amides is 1. The van der Waals surface area contributed by atoms with Crippen LogP contribution in [-0.2, 0) is 17.5 Å². The minimum absolute atomic E-state index is 0.121. The van der Waals surface area contributed by atoms with Crippen LogP contribution in [0.25, 0.3) is 0 Å². The third-order valence-corrected chi connectivity index (χ3v) is 4.95. The highest BCUT2D eigenvalue weighted by molar-refractivity contribution is 5.83. The lowest BCUT2D eigenvalue weighted by Gasteiger charge is -2.46. The first kappa shape index (κ1) is 16.3. The van der Waals surface area contributed by atoms with Crippen molar-refractivity contribution in [3.63, 3.8) is 0 Å². The lowest BCUT2D eigenvalue weighted by atomic mass is 9.85. The van der Waals surface area contributed by atoms with E-state index in [1.807, 2.05) is 11.8 Å². The first-order valence-electron chi connectivity index (χ1n) is 8.07. The normalized spacial score (nSPS) is 25.7. The summed E-state index contributed by atoms with van der Waals surface area (Å²) in [7, 11) is 0. The average Bonchev–Trinajstić information content (AvgIpc) is 2.52. The molecule has 3 rings (SSSR count). The van der Waals surface area contributed by atoms with Crippen LogP contribution in [0, 0.1) is 5.92 Å². The van der Waals surface area contributed by atoms with E-state index in [0.717, 1.165) is 50.2 Å². The van der Waals surface area contributed by atoms with Crippen LogP contribution in [0.2, 0.25) is 0 Å². The van der Waals surface area contributed by atoms with Crippen molar-refractivity contribution in [1.82, 2.24) is 9.80 Å². The molecule has 0 saturated carbocycles. The van der Waals surface area contributed by atoms with Gasteiger partial charge in [0.15, 0.2) is 0 Å². The Morgan fingerprint density at radius 2 is 1.91 bits per heavy atom. The molecule has 3 nitrogen and oxygen atoms in total. The second-order valence-corrected chi connectivity index (χ2v) is 6.45. The minimum Gasteiger partial charge on any atom is -0.341 e. The molecule has 0 aromatic heterocycles. The molecule has 0 radical (unpaired) electrons. The van der Waals surface area contributed by atoms with E-state index in [1.165, 1.54) is 12.1 Å². The van der Waals surface area contributed by atoms with Crippen molar-refractivity contribution in [3.05, 3.63) is 35.4 Å². The smallest absolute Gasteiger partial charge is 0.341 e. The van der Waals surface area contributed by atoms with Crippen LogP contribution < -0.4 is 0 Å². The second-order valence-electron chi connectivity index (χ2n) is 6.45. The number of nitrogens with zero attached hydrogens (tertiary/aromatic N) is 2. The Bertz CT molecular complexity index is 570. The van der Waals surface area contributed by atoms with E-state index in [2.05, 4.69) is 4.90 Å². The van der Waals surface area contributed by atoms with Crippen LogP contribution in [0.3, 0.4) is 0 Å². The Kier molecular flexibility index (Phi) is 4.36. The molecule has 126 valence electrons. The molecule has 23 heavy (non-hydrogen) atoms. The molecule has 0 N–H and O–H groups in total. The van der Waals surface area contributed by atoms with Gasteiger partial charge < -0.3 is 4.90 Å². The molecule has 0 unspecified atom stereocenters. The number of alkyl halides is 3. The van der Waals surface area contributed by atoms with Gasteiger partial charge in [-0.15, -0.1) is 0 Å². The van der Waals surface area contributed by atoms with E-state index in [4.69, 9.17) is 0 Å². The van der Waals surface area contributed by atoms with Crippen molar-refractivity contribution in [3.8, 4) is 0 Å². The summed E-state index contributed by atoms with van der Waals surface area (Å²) in [6.07, 6.45) is -2.39. The number of carbonyl (C=O) groups is 1. The van der Waals surface area contributed by atoms with Crippen molar-refractivity contribution < 1.29 is 18.0 Å². The summed E-state index contributed by atoms with van der Waals surface area (Å²) in [5.74, 6) is 0.719. The standard InChI is InChI=1S/C17H21F3N2O/c1-2-21-11-13-7-8-22(15(9-13)16(21)23)10-12-3-5-14(6-4-12)17(18,19)20/h3-6,13,15H,2,7-11H2,1H3/t13-,15+/m0/s1. The number of likely N-dealkylation sites (tertiary alicyclic amines) is 2. The molecule has 2 aliphatic rings. The zero-order valence-corrected chi connectivity index (χ0v) is 13.1. The molecule has 2 saturated heterocycles. The summed E-state index contributed by atoms with van der Waals surface area (Å²) in [5, 5.41) is 0. The SMILES string of the molecule is CCN1C[C@H]2CCN(Cc3ccc(C(F)(F)F)cc3)[C@H](C2)C1=O. The number of fused-ring (bicyclic) bond motifs is 2. The number of hydrogen-bond acceptors (Lipinski definition) is 2. The zero-order valence-electron chi connectivity index (χ0n) is 13.1. The van der Waals surface area contributed by atoms with E-state index >= 15 is 0 Å². The first-order chi connectivity index (χ1) is 10.9. The molecule has 2 heterocycles. The van der Waals surface area contributed by atoms with E-state index in [-0.39, 0.29) is 11.9 Å². The number of hydrogen-bond donors (Lipinski definition) is 0. The second kappa shape index (κ2) is 6.15. The van der Waals surface area contributed by atoms with Crippen molar-refractivity contribution in [1.29, 1.82) is 0 Å². The Morgan fingerprint density at radius 3 is 2.52 bits per heavy atom. The van der Waals surface area contributed by atoms with Gasteiger partial charge in [0.05, 0.1) is 11.6 Å². The Hall–Kier alpha value is -1.56. The van der Waals surface area contributed by atoms with Gasteiger partial charge in [0, 0.05) is 19.6 Å². The molecule has 0 spiro atoms. The third kappa shape index (κ3) is 3.37. The van der Waals surface area contributed by atoms with Crippen molar-refractivity contribution in [2.75, 3.05) is 19.6 Å². The predicted octanol–water partition coefficient (Wildman–Crippen LogP) is 3.15. The number of piperidine rings is 2. The predicted molar refractivity (Wildman–Crippen MR) is 80.6 cm³/mol. The monoisotopic (exact) mass is 326 g/mol. The average molecular weight is 326 g/mol. The van der Waals surface area contributed by atoms with Gasteiger partial charge in [-0.05, 0) is 49.9 Å². The highest BCUT2D eigenvalue weighted by atomic mass is 19.4. The zero-order chi connectivity index (χ0) is 16.6. The maximum absolute atomic E-state index is 12.6. The van der Waals surface area contributed by atoms with Crippen LogP contribution in [0.5, 0.6) is 0 Å². The summed E-state index contributed by atoms with van der Waals surface area (Å²) >= 11 is 0. The van der Waals surface area contributed by atoms with Crippen LogP contribution >= 0.6 is 0 Å². The fraction of sp³-hybridized carbons (Fsp3) is 0.588. The molecular formula is C17H21F3N2O. The molecule has 2 atom stereocenters. The molecule has 1 aromatic carbocycles. The maximum atomic E-state index is 12.6. The Labute approximate surface area is 134 Å². The van der Waals surface area contributed by atoms with Crippen LogP contribution in [0.4, 0.5) is 13.2 Å². The first-order valence-corrected chi connectivity index (χ1v) is 8.07. The number of rotatable bonds is 3.